The molecule has 1 heterocycles. The second-order valence-corrected chi connectivity index (χ2v) is 4.63. The summed E-state index contributed by atoms with van der Waals surface area (Å²) in [4.78, 5) is 15.7. The predicted octanol–water partition coefficient (Wildman–Crippen LogP) is 3.80. The molecule has 2 N–H and O–H groups in total. The molecule has 1 aromatic heterocycles. The van der Waals surface area contributed by atoms with E-state index >= 15 is 0 Å². The van der Waals surface area contributed by atoms with Gasteiger partial charge in [0.2, 0.25) is 0 Å². The Balaban J connectivity index is 1.96. The molecule has 18 heavy (non-hydrogen) atoms. The minimum atomic E-state index is -0.289. The molecule has 92 valence electrons. The third-order valence-corrected chi connectivity index (χ3v) is 2.76. The van der Waals surface area contributed by atoms with Gasteiger partial charge in [-0.05, 0) is 47.1 Å². The summed E-state index contributed by atoms with van der Waals surface area (Å²) in [7, 11) is 0. The van der Waals surface area contributed by atoms with Crippen molar-refractivity contribution in [2.75, 3.05) is 10.6 Å². The third kappa shape index (κ3) is 3.56. The van der Waals surface area contributed by atoms with Gasteiger partial charge in [-0.1, -0.05) is 17.7 Å². The van der Waals surface area contributed by atoms with Gasteiger partial charge in [-0.25, -0.2) is 9.78 Å². The first-order valence-corrected chi connectivity index (χ1v) is 6.19. The molecule has 2 amide bonds. The van der Waals surface area contributed by atoms with Gasteiger partial charge in [-0.2, -0.15) is 0 Å². The van der Waals surface area contributed by atoms with Crippen molar-refractivity contribution < 1.29 is 4.79 Å². The number of anilines is 2. The molecule has 0 aliphatic carbocycles. The van der Waals surface area contributed by atoms with Crippen molar-refractivity contribution in [2.45, 2.75) is 6.92 Å². The number of amides is 2. The molecule has 0 spiro atoms. The molecule has 0 radical (unpaired) electrons. The largest absolute Gasteiger partial charge is 0.323 e. The van der Waals surface area contributed by atoms with Gasteiger partial charge in [0.1, 0.15) is 4.60 Å². The van der Waals surface area contributed by atoms with E-state index < -0.39 is 0 Å². The number of nitrogens with zero attached hydrogens (tertiary/aromatic N) is 1. The van der Waals surface area contributed by atoms with Crippen LogP contribution < -0.4 is 10.6 Å². The first kappa shape index (κ1) is 12.6. The number of rotatable bonds is 2. The highest BCUT2D eigenvalue weighted by Crippen LogP contribution is 2.12. The average Bonchev–Trinajstić information content (AvgIpc) is 2.35. The molecule has 2 aromatic rings. The first-order valence-electron chi connectivity index (χ1n) is 5.40. The van der Waals surface area contributed by atoms with Crippen LogP contribution in [0.5, 0.6) is 0 Å². The average molecular weight is 306 g/mol. The van der Waals surface area contributed by atoms with Crippen molar-refractivity contribution in [3.8, 4) is 0 Å². The Labute approximate surface area is 114 Å². The van der Waals surface area contributed by atoms with E-state index in [4.69, 9.17) is 0 Å². The lowest BCUT2D eigenvalue weighted by Crippen LogP contribution is -2.19. The molecular weight excluding hydrogens is 294 g/mol. The standard InChI is InChI=1S/C13H12BrN3O/c1-9-2-4-10(5-3-9)16-13(18)17-11-6-7-12(14)15-8-11/h2-8H,1H3,(H2,16,17,18). The van der Waals surface area contributed by atoms with Gasteiger partial charge in [-0.3, -0.25) is 0 Å². The minimum Gasteiger partial charge on any atom is -0.308 e. The highest BCUT2D eigenvalue weighted by Gasteiger charge is 2.02. The van der Waals surface area contributed by atoms with E-state index in [0.29, 0.717) is 5.69 Å². The Morgan fingerprint density at radius 1 is 1.06 bits per heavy atom. The van der Waals surface area contributed by atoms with Gasteiger partial charge in [0.25, 0.3) is 0 Å². The predicted molar refractivity (Wildman–Crippen MR) is 75.8 cm³/mol. The third-order valence-electron chi connectivity index (χ3n) is 2.29. The number of pyridine rings is 1. The number of hydrogen-bond acceptors (Lipinski definition) is 2. The second-order valence-electron chi connectivity index (χ2n) is 3.81. The summed E-state index contributed by atoms with van der Waals surface area (Å²) in [6, 6.07) is 10.8. The van der Waals surface area contributed by atoms with Crippen LogP contribution in [0, 0.1) is 6.92 Å². The molecule has 0 aliphatic rings. The number of benzene rings is 1. The summed E-state index contributed by atoms with van der Waals surface area (Å²) < 4.78 is 0.729. The highest BCUT2D eigenvalue weighted by molar-refractivity contribution is 9.10. The van der Waals surface area contributed by atoms with Crippen molar-refractivity contribution in [3.63, 3.8) is 0 Å². The number of carbonyl (C=O) groups is 1. The SMILES string of the molecule is Cc1ccc(NC(=O)Nc2ccc(Br)nc2)cc1. The Morgan fingerprint density at radius 3 is 2.28 bits per heavy atom. The summed E-state index contributed by atoms with van der Waals surface area (Å²) in [6.45, 7) is 2.00. The van der Waals surface area contributed by atoms with Crippen LogP contribution in [0.2, 0.25) is 0 Å². The Hall–Kier alpha value is -1.88. The Kier molecular flexibility index (Phi) is 3.94. The summed E-state index contributed by atoms with van der Waals surface area (Å²) in [6.07, 6.45) is 1.58. The molecule has 0 saturated carbocycles. The summed E-state index contributed by atoms with van der Waals surface area (Å²) in [5.74, 6) is 0. The molecule has 0 saturated heterocycles. The Bertz CT molecular complexity index is 488. The van der Waals surface area contributed by atoms with Crippen molar-refractivity contribution in [2.24, 2.45) is 0 Å². The fourth-order valence-corrected chi connectivity index (χ4v) is 1.61. The molecule has 0 unspecified atom stereocenters. The maximum atomic E-state index is 11.7. The summed E-state index contributed by atoms with van der Waals surface area (Å²) >= 11 is 3.23. The van der Waals surface area contributed by atoms with Crippen LogP contribution in [0.25, 0.3) is 0 Å². The van der Waals surface area contributed by atoms with Gasteiger partial charge < -0.3 is 10.6 Å². The lowest BCUT2D eigenvalue weighted by atomic mass is 10.2. The van der Waals surface area contributed by atoms with Crippen LogP contribution in [-0.4, -0.2) is 11.0 Å². The van der Waals surface area contributed by atoms with Crippen LogP contribution in [0.3, 0.4) is 0 Å². The smallest absolute Gasteiger partial charge is 0.308 e. The lowest BCUT2D eigenvalue weighted by Gasteiger charge is -2.07. The number of aryl methyl sites for hydroxylation is 1. The first-order chi connectivity index (χ1) is 8.63. The van der Waals surface area contributed by atoms with E-state index in [9.17, 15) is 4.79 Å². The maximum Gasteiger partial charge on any atom is 0.323 e. The van der Waals surface area contributed by atoms with Crippen LogP contribution in [0.4, 0.5) is 16.2 Å². The van der Waals surface area contributed by atoms with E-state index in [1.165, 1.54) is 0 Å². The van der Waals surface area contributed by atoms with Crippen LogP contribution in [0.15, 0.2) is 47.2 Å². The normalized spacial score (nSPS) is 9.89. The number of carbonyl (C=O) groups excluding carboxylic acids is 1. The molecule has 5 heteroatoms. The molecule has 0 bridgehead atoms. The fraction of sp³-hybridized carbons (Fsp3) is 0.0769. The molecule has 2 rings (SSSR count). The van der Waals surface area contributed by atoms with Gasteiger partial charge >= 0.3 is 6.03 Å². The minimum absolute atomic E-state index is 0.289. The molecule has 1 aromatic carbocycles. The number of urea groups is 1. The molecule has 0 atom stereocenters. The number of hydrogen-bond donors (Lipinski definition) is 2. The van der Waals surface area contributed by atoms with Crippen molar-refractivity contribution >= 4 is 33.3 Å². The van der Waals surface area contributed by atoms with Gasteiger partial charge in [0.05, 0.1) is 11.9 Å². The van der Waals surface area contributed by atoms with E-state index in [1.807, 2.05) is 31.2 Å². The highest BCUT2D eigenvalue weighted by atomic mass is 79.9. The topological polar surface area (TPSA) is 54.0 Å². The van der Waals surface area contributed by atoms with E-state index in [1.54, 1.807) is 18.3 Å². The van der Waals surface area contributed by atoms with E-state index in [0.717, 1.165) is 15.9 Å². The number of aromatic nitrogens is 1. The molecule has 0 fully saturated rings. The van der Waals surface area contributed by atoms with Crippen LogP contribution >= 0.6 is 15.9 Å². The van der Waals surface area contributed by atoms with E-state index in [-0.39, 0.29) is 6.03 Å². The van der Waals surface area contributed by atoms with Gasteiger partial charge in [-0.15, -0.1) is 0 Å². The zero-order chi connectivity index (χ0) is 13.0. The van der Waals surface area contributed by atoms with E-state index in [2.05, 4.69) is 31.5 Å². The number of nitrogens with one attached hydrogen (secondary N) is 2. The lowest BCUT2D eigenvalue weighted by molar-refractivity contribution is 0.262. The Morgan fingerprint density at radius 2 is 1.67 bits per heavy atom. The van der Waals surface area contributed by atoms with Crippen LogP contribution in [0.1, 0.15) is 5.56 Å². The second kappa shape index (κ2) is 5.64. The summed E-state index contributed by atoms with van der Waals surface area (Å²) in [5, 5.41) is 5.44. The van der Waals surface area contributed by atoms with Gasteiger partial charge in [0.15, 0.2) is 0 Å². The van der Waals surface area contributed by atoms with Crippen molar-refractivity contribution in [3.05, 3.63) is 52.8 Å². The summed E-state index contributed by atoms with van der Waals surface area (Å²) in [5.41, 5.74) is 2.55. The van der Waals surface area contributed by atoms with Gasteiger partial charge in [0, 0.05) is 5.69 Å². The zero-order valence-corrected chi connectivity index (χ0v) is 11.4. The van der Waals surface area contributed by atoms with Crippen LogP contribution in [-0.2, 0) is 0 Å². The number of halogens is 1. The molecule has 0 aliphatic heterocycles. The molecule has 4 nitrogen and oxygen atoms in total. The fourth-order valence-electron chi connectivity index (χ4n) is 1.38. The maximum absolute atomic E-state index is 11.7. The van der Waals surface area contributed by atoms with Crippen molar-refractivity contribution in [1.82, 2.24) is 4.98 Å². The monoisotopic (exact) mass is 305 g/mol. The zero-order valence-electron chi connectivity index (χ0n) is 9.77. The molecular formula is C13H12BrN3O. The quantitative estimate of drug-likeness (QED) is 0.829. The van der Waals surface area contributed by atoms with Crippen molar-refractivity contribution in [1.29, 1.82) is 0 Å².